The van der Waals surface area contributed by atoms with Crippen molar-refractivity contribution in [2.45, 2.75) is 46.1 Å². The summed E-state index contributed by atoms with van der Waals surface area (Å²) in [7, 11) is 0.316. The Morgan fingerprint density at radius 3 is 2.53 bits per heavy atom. The van der Waals surface area contributed by atoms with Gasteiger partial charge in [-0.3, -0.25) is 4.79 Å². The maximum absolute atomic E-state index is 13.7. The normalized spacial score (nSPS) is 28.1. The molecule has 2 aliphatic heterocycles. The Bertz CT molecular complexity index is 1120. The second-order valence-electron chi connectivity index (χ2n) is 10.2. The fourth-order valence-corrected chi connectivity index (χ4v) is 6.64. The maximum Gasteiger partial charge on any atom is 0.345 e. The molecule has 32 heavy (non-hydrogen) atoms. The molecule has 8 nitrogen and oxygen atoms in total. The Hall–Kier alpha value is -2.55. The molecule has 1 aromatic carbocycles. The highest BCUT2D eigenvalue weighted by molar-refractivity contribution is 7.88. The number of allylic oxidation sites excluding steroid dienone is 1. The lowest BCUT2D eigenvalue weighted by Crippen LogP contribution is -2.43. The first-order chi connectivity index (χ1) is 14.9. The van der Waals surface area contributed by atoms with Crippen LogP contribution >= 0.6 is 0 Å². The third kappa shape index (κ3) is 3.87. The van der Waals surface area contributed by atoms with Crippen LogP contribution in [-0.2, 0) is 15.0 Å². The van der Waals surface area contributed by atoms with E-state index >= 15 is 0 Å². The first-order valence-electron chi connectivity index (χ1n) is 10.7. The minimum atomic E-state index is -4.08. The number of nitrogens with zero attached hydrogens (tertiary/aromatic N) is 3. The van der Waals surface area contributed by atoms with Gasteiger partial charge in [0.15, 0.2) is 0 Å². The van der Waals surface area contributed by atoms with Crippen molar-refractivity contribution in [1.82, 2.24) is 9.21 Å². The first kappa shape index (κ1) is 22.6. The van der Waals surface area contributed by atoms with Crippen molar-refractivity contribution in [2.24, 2.45) is 15.2 Å². The van der Waals surface area contributed by atoms with E-state index in [1.54, 1.807) is 18.2 Å². The van der Waals surface area contributed by atoms with E-state index in [2.05, 4.69) is 25.2 Å². The summed E-state index contributed by atoms with van der Waals surface area (Å²) in [5.41, 5.74) is 0.875. The van der Waals surface area contributed by atoms with Crippen LogP contribution < -0.4 is 9.47 Å². The van der Waals surface area contributed by atoms with E-state index in [0.717, 1.165) is 23.6 Å². The molecule has 1 amide bonds. The summed E-state index contributed by atoms with van der Waals surface area (Å²) < 4.78 is 41.4. The average molecular weight is 462 g/mol. The van der Waals surface area contributed by atoms with Crippen LogP contribution in [0.1, 0.15) is 45.6 Å². The molecule has 2 heterocycles. The smallest absolute Gasteiger partial charge is 0.345 e. The van der Waals surface area contributed by atoms with Crippen molar-refractivity contribution in [3.63, 3.8) is 0 Å². The number of likely N-dealkylation sites (N-methyl/N-ethyl adjacent to an activating group) is 1. The first-order valence-corrected chi connectivity index (χ1v) is 12.1. The number of ether oxygens (including phenoxy) is 2. The minimum absolute atomic E-state index is 0.0433. The largest absolute Gasteiger partial charge is 0.497 e. The number of rotatable bonds is 4. The summed E-state index contributed by atoms with van der Waals surface area (Å²) in [6.45, 7) is 7.32. The van der Waals surface area contributed by atoms with Gasteiger partial charge in [-0.15, -0.1) is 4.40 Å². The van der Waals surface area contributed by atoms with Crippen LogP contribution in [0.2, 0.25) is 0 Å². The summed E-state index contributed by atoms with van der Waals surface area (Å²) in [6.07, 6.45) is 4.43. The number of fused-ring (bicyclic) bond motifs is 2. The van der Waals surface area contributed by atoms with E-state index in [1.807, 2.05) is 4.90 Å². The number of carbonyl (C=O) groups is 1. The number of benzene rings is 1. The molecule has 0 unspecified atom stereocenters. The molecule has 4 rings (SSSR count). The molecule has 1 aliphatic carbocycles. The van der Waals surface area contributed by atoms with Gasteiger partial charge in [-0.05, 0) is 54.4 Å². The van der Waals surface area contributed by atoms with Gasteiger partial charge in [-0.2, -0.15) is 8.42 Å². The van der Waals surface area contributed by atoms with Gasteiger partial charge in [0.2, 0.25) is 0 Å². The average Bonchev–Trinajstić information content (AvgIpc) is 2.97. The van der Waals surface area contributed by atoms with Crippen molar-refractivity contribution in [3.8, 4) is 11.5 Å². The van der Waals surface area contributed by atoms with Gasteiger partial charge in [0.05, 0.1) is 19.9 Å². The molecule has 1 aromatic rings. The fourth-order valence-electron chi connectivity index (χ4n) is 5.74. The number of likely N-dealkylation sites (tertiary alicyclic amines) is 1. The van der Waals surface area contributed by atoms with E-state index in [-0.39, 0.29) is 34.2 Å². The van der Waals surface area contributed by atoms with Gasteiger partial charge < -0.3 is 14.4 Å². The minimum Gasteiger partial charge on any atom is -0.497 e. The number of carbonyl (C=O) groups excluding carboxylic acids is 1. The fraction of sp³-hybridized carbons (Fsp3) is 0.565. The monoisotopic (exact) mass is 461 g/mol. The van der Waals surface area contributed by atoms with E-state index in [1.165, 1.54) is 27.3 Å². The molecule has 0 aromatic heterocycles. The zero-order chi connectivity index (χ0) is 23.5. The van der Waals surface area contributed by atoms with Crippen molar-refractivity contribution in [2.75, 3.05) is 27.8 Å². The quantitative estimate of drug-likeness (QED) is 0.688. The molecule has 0 N–H and O–H groups in total. The van der Waals surface area contributed by atoms with Crippen LogP contribution in [0.3, 0.4) is 0 Å². The summed E-state index contributed by atoms with van der Waals surface area (Å²) in [6, 6.07) is 5.16. The highest BCUT2D eigenvalue weighted by Crippen LogP contribution is 2.52. The molecular weight excluding hydrogens is 430 g/mol. The summed E-state index contributed by atoms with van der Waals surface area (Å²) in [5.74, 6) is 0.694. The molecule has 0 radical (unpaired) electrons. The van der Waals surface area contributed by atoms with Gasteiger partial charge in [0, 0.05) is 25.2 Å². The number of methoxy groups -OCH3 is 2. The number of hydrogen-bond acceptors (Lipinski definition) is 5. The SMILES string of the molecule is COc1ccc(OC)c(C2=NS(=O)(=O)N(C)C(C(=O)N3C[C@]4(C)C[C@@H]3CC(C)(C)C4)=C2)c1. The zero-order valence-electron chi connectivity index (χ0n) is 19.5. The molecule has 174 valence electrons. The Morgan fingerprint density at radius 2 is 1.88 bits per heavy atom. The van der Waals surface area contributed by atoms with Gasteiger partial charge in [0.25, 0.3) is 5.91 Å². The molecule has 2 fully saturated rings. The molecule has 9 heteroatoms. The second-order valence-corrected chi connectivity index (χ2v) is 11.8. The van der Waals surface area contributed by atoms with Crippen LogP contribution in [0, 0.1) is 10.8 Å². The van der Waals surface area contributed by atoms with Crippen LogP contribution in [0.15, 0.2) is 34.4 Å². The van der Waals surface area contributed by atoms with E-state index in [9.17, 15) is 13.2 Å². The molecule has 2 atom stereocenters. The topological polar surface area (TPSA) is 88.5 Å². The predicted octanol–water partition coefficient (Wildman–Crippen LogP) is 2.99. The Morgan fingerprint density at radius 1 is 1.16 bits per heavy atom. The summed E-state index contributed by atoms with van der Waals surface area (Å²) in [4.78, 5) is 15.5. The lowest BCUT2D eigenvalue weighted by Gasteiger charge is -2.39. The van der Waals surface area contributed by atoms with Crippen molar-refractivity contribution in [1.29, 1.82) is 0 Å². The Kier molecular flexibility index (Phi) is 5.31. The zero-order valence-corrected chi connectivity index (χ0v) is 20.3. The maximum atomic E-state index is 13.7. The Labute approximate surface area is 190 Å². The van der Waals surface area contributed by atoms with Crippen LogP contribution in [0.4, 0.5) is 0 Å². The van der Waals surface area contributed by atoms with Crippen LogP contribution in [0.25, 0.3) is 0 Å². The predicted molar refractivity (Wildman–Crippen MR) is 122 cm³/mol. The van der Waals surface area contributed by atoms with E-state index < -0.39 is 10.2 Å². The van der Waals surface area contributed by atoms with Crippen molar-refractivity contribution in [3.05, 3.63) is 35.5 Å². The second kappa shape index (κ2) is 7.50. The van der Waals surface area contributed by atoms with Crippen molar-refractivity contribution < 1.29 is 22.7 Å². The van der Waals surface area contributed by atoms with Gasteiger partial charge in [0.1, 0.15) is 17.2 Å². The summed E-state index contributed by atoms with van der Waals surface area (Å²) >= 11 is 0. The van der Waals surface area contributed by atoms with E-state index in [0.29, 0.717) is 23.6 Å². The Balaban J connectivity index is 1.75. The highest BCUT2D eigenvalue weighted by atomic mass is 32.2. The molecule has 3 aliphatic rings. The summed E-state index contributed by atoms with van der Waals surface area (Å²) in [5, 5.41) is 0. The molecule has 2 bridgehead atoms. The third-order valence-corrected chi connectivity index (χ3v) is 8.07. The van der Waals surface area contributed by atoms with Gasteiger partial charge in [-0.25, -0.2) is 4.31 Å². The van der Waals surface area contributed by atoms with Gasteiger partial charge in [-0.1, -0.05) is 20.8 Å². The van der Waals surface area contributed by atoms with Gasteiger partial charge >= 0.3 is 10.2 Å². The number of hydrogen-bond donors (Lipinski definition) is 0. The standard InChI is InChI=1S/C23H31N3O5S/c1-22(2)11-15-12-23(3,13-22)14-26(15)21(27)19-10-18(24-32(28,29)25(19)4)17-9-16(30-5)7-8-20(17)31-6/h7-10,15H,11-14H2,1-6H3/t15-,23+/m0/s1. The lowest BCUT2D eigenvalue weighted by atomic mass is 9.65. The third-order valence-electron chi connectivity index (χ3n) is 6.75. The van der Waals surface area contributed by atoms with Crippen molar-refractivity contribution >= 4 is 21.8 Å². The molecule has 1 saturated carbocycles. The lowest BCUT2D eigenvalue weighted by molar-refractivity contribution is -0.129. The molecule has 1 saturated heterocycles. The molecular formula is C23H31N3O5S. The molecule has 0 spiro atoms. The number of amides is 1. The van der Waals surface area contributed by atoms with Crippen LogP contribution in [-0.4, -0.2) is 63.1 Å². The highest BCUT2D eigenvalue weighted by Gasteiger charge is 2.52. The van der Waals surface area contributed by atoms with Crippen LogP contribution in [0.5, 0.6) is 11.5 Å². The van der Waals surface area contributed by atoms with E-state index in [4.69, 9.17) is 9.47 Å².